The summed E-state index contributed by atoms with van der Waals surface area (Å²) >= 11 is 0. The molecule has 4 fully saturated rings. The average Bonchev–Trinajstić information content (AvgIpc) is 3.77. The highest BCUT2D eigenvalue weighted by atomic mass is 16.5. The minimum atomic E-state index is -0.707. The lowest BCUT2D eigenvalue weighted by Gasteiger charge is -2.34. The van der Waals surface area contributed by atoms with Gasteiger partial charge in [-0.2, -0.15) is 0 Å². The second-order valence-electron chi connectivity index (χ2n) is 17.8. The predicted molar refractivity (Wildman–Crippen MR) is 241 cm³/mol. The molecule has 2 aromatic heterocycles. The summed E-state index contributed by atoms with van der Waals surface area (Å²) in [7, 11) is 2.61. The number of methoxy groups -OCH3 is 2. The molecule has 4 amide bonds. The molecule has 0 bridgehead atoms. The highest BCUT2D eigenvalue weighted by Crippen LogP contribution is 2.38. The van der Waals surface area contributed by atoms with Gasteiger partial charge >= 0.3 is 12.2 Å². The van der Waals surface area contributed by atoms with Gasteiger partial charge in [0.2, 0.25) is 11.8 Å². The molecule has 3 aromatic carbocycles. The molecule has 15 heteroatoms. The first-order chi connectivity index (χ1) is 31.1. The molecule has 4 N–H and O–H groups in total. The number of H-pyrrole nitrogens is 2. The molecule has 4 atom stereocenters. The van der Waals surface area contributed by atoms with Gasteiger partial charge < -0.3 is 44.6 Å². The van der Waals surface area contributed by atoms with Gasteiger partial charge in [0.1, 0.15) is 23.7 Å². The van der Waals surface area contributed by atoms with Crippen LogP contribution in [0.4, 0.5) is 9.59 Å². The molecule has 4 aliphatic rings. The van der Waals surface area contributed by atoms with Crippen molar-refractivity contribution in [3.63, 3.8) is 0 Å². The van der Waals surface area contributed by atoms with Gasteiger partial charge in [-0.3, -0.25) is 9.59 Å². The van der Waals surface area contributed by atoms with E-state index in [0.717, 1.165) is 94.1 Å². The predicted octanol–water partition coefficient (Wildman–Crippen LogP) is 7.39. The minimum absolute atomic E-state index is 0.0429. The third-order valence-corrected chi connectivity index (χ3v) is 13.3. The fourth-order valence-corrected chi connectivity index (χ4v) is 9.58. The van der Waals surface area contributed by atoms with E-state index in [1.807, 2.05) is 35.9 Å². The van der Waals surface area contributed by atoms with Crippen molar-refractivity contribution in [3.8, 4) is 34.2 Å². The van der Waals surface area contributed by atoms with Gasteiger partial charge in [-0.15, -0.1) is 0 Å². The number of carbonyl (C=O) groups is 4. The maximum Gasteiger partial charge on any atom is 0.407 e. The van der Waals surface area contributed by atoms with Crippen LogP contribution in [0.5, 0.6) is 0 Å². The van der Waals surface area contributed by atoms with Crippen molar-refractivity contribution in [2.24, 2.45) is 17.8 Å². The van der Waals surface area contributed by atoms with E-state index < -0.39 is 24.3 Å². The van der Waals surface area contributed by atoms with Crippen LogP contribution in [0.15, 0.2) is 54.7 Å². The fourth-order valence-electron chi connectivity index (χ4n) is 9.58. The molecule has 5 heterocycles. The number of imidazole rings is 2. The third-order valence-electron chi connectivity index (χ3n) is 13.3. The Balaban J connectivity index is 0.972. The molecule has 3 saturated heterocycles. The van der Waals surface area contributed by atoms with E-state index in [4.69, 9.17) is 24.2 Å². The van der Waals surface area contributed by atoms with Crippen LogP contribution in [0.3, 0.4) is 0 Å². The van der Waals surface area contributed by atoms with Gasteiger partial charge in [-0.25, -0.2) is 19.6 Å². The van der Waals surface area contributed by atoms with Gasteiger partial charge in [-0.1, -0.05) is 56.0 Å². The van der Waals surface area contributed by atoms with Gasteiger partial charge in [0, 0.05) is 48.7 Å². The zero-order valence-corrected chi connectivity index (χ0v) is 36.9. The van der Waals surface area contributed by atoms with E-state index in [1.54, 1.807) is 0 Å². The summed E-state index contributed by atoms with van der Waals surface area (Å²) in [4.78, 5) is 73.1. The van der Waals surface area contributed by atoms with Crippen molar-refractivity contribution in [1.29, 1.82) is 0 Å². The summed E-state index contributed by atoms with van der Waals surface area (Å²) in [5.74, 6) is 8.41. The number of benzene rings is 3. The maximum absolute atomic E-state index is 14.1. The minimum Gasteiger partial charge on any atom is -0.453 e. The smallest absolute Gasteiger partial charge is 0.407 e. The number of amides is 4. The van der Waals surface area contributed by atoms with Crippen LogP contribution in [0, 0.1) is 29.6 Å². The Morgan fingerprint density at radius 3 is 2.22 bits per heavy atom. The number of ether oxygens (including phenoxy) is 3. The van der Waals surface area contributed by atoms with Crippen LogP contribution in [-0.4, -0.2) is 106 Å². The first kappa shape index (κ1) is 42.9. The van der Waals surface area contributed by atoms with Crippen molar-refractivity contribution < 1.29 is 33.4 Å². The number of fused-ring (bicyclic) bond motifs is 3. The number of rotatable bonds is 10. The molecule has 334 valence electrons. The van der Waals surface area contributed by atoms with Crippen LogP contribution in [0.2, 0.25) is 0 Å². The monoisotopic (exact) mass is 868 g/mol. The van der Waals surface area contributed by atoms with E-state index in [9.17, 15) is 19.2 Å². The second kappa shape index (κ2) is 18.4. The molecule has 9 rings (SSSR count). The topological polar surface area (TPSA) is 184 Å². The molecule has 5 aromatic rings. The molecule has 64 heavy (non-hydrogen) atoms. The van der Waals surface area contributed by atoms with Crippen molar-refractivity contribution in [3.05, 3.63) is 71.9 Å². The Kier molecular flexibility index (Phi) is 12.3. The standard InChI is InChI=1S/C49H56N8O7/c1-28(2)41(54-48(60)62-3)46(58)57-22-6-8-40(57)45-51-37-18-15-33-25-32(13-17-36(33)43(37)53-45)35-16-14-34(26-31(35)12-11-29-9-10-29)38-27-50-44(52-38)39-7-5-21-56(39)47(59)42(55-49(61)63-4)30-19-23-64-24-20-30/h13-18,25-30,39-42H,5-10,19-24H2,1-4H3,(H,50,52)(H,51,53)(H,54,60)(H,55,61)/t39-,40-,41-,42+/m0/s1. The van der Waals surface area contributed by atoms with Crippen LogP contribution in [-0.2, 0) is 23.8 Å². The number of hydrogen-bond donors (Lipinski definition) is 4. The zero-order chi connectivity index (χ0) is 44.5. The van der Waals surface area contributed by atoms with Crippen LogP contribution in [0.25, 0.3) is 44.2 Å². The molecule has 1 saturated carbocycles. The number of carbonyl (C=O) groups excluding carboxylic acids is 4. The highest BCUT2D eigenvalue weighted by Gasteiger charge is 2.41. The quantitative estimate of drug-likeness (QED) is 0.104. The zero-order valence-electron chi connectivity index (χ0n) is 36.9. The highest BCUT2D eigenvalue weighted by molar-refractivity contribution is 6.05. The number of nitrogens with one attached hydrogen (secondary N) is 4. The Labute approximate surface area is 372 Å². The molecular weight excluding hydrogens is 813 g/mol. The Hall–Kier alpha value is -6.40. The summed E-state index contributed by atoms with van der Waals surface area (Å²) in [5, 5.41) is 7.59. The van der Waals surface area contributed by atoms with Crippen molar-refractivity contribution in [1.82, 2.24) is 40.4 Å². The summed E-state index contributed by atoms with van der Waals surface area (Å²) in [6.07, 6.45) is 7.37. The van der Waals surface area contributed by atoms with Crippen molar-refractivity contribution in [2.75, 3.05) is 40.5 Å². The largest absolute Gasteiger partial charge is 0.453 e. The van der Waals surface area contributed by atoms with Gasteiger partial charge in [0.15, 0.2) is 0 Å². The van der Waals surface area contributed by atoms with Gasteiger partial charge in [0.25, 0.3) is 0 Å². The lowest BCUT2D eigenvalue weighted by molar-refractivity contribution is -0.137. The van der Waals surface area contributed by atoms with E-state index in [2.05, 4.69) is 74.9 Å². The Morgan fingerprint density at radius 2 is 1.50 bits per heavy atom. The molecule has 3 aliphatic heterocycles. The van der Waals surface area contributed by atoms with E-state index in [1.165, 1.54) is 14.2 Å². The average molecular weight is 869 g/mol. The second-order valence-corrected chi connectivity index (χ2v) is 17.8. The SMILES string of the molecule is COC(=O)N[C@H](C(=O)N1CCC[C@H]1c1nc2c(ccc3cc(-c4ccc(-c5cnc([C@@H]6CCCN6C(=O)[C@H](NC(=O)OC)C6CCOCC6)[nH]5)cc4C#CC4CC4)ccc32)[nH]1)C(C)C. The Bertz CT molecular complexity index is 2630. The van der Waals surface area contributed by atoms with E-state index in [-0.39, 0.29) is 35.7 Å². The Morgan fingerprint density at radius 1 is 0.797 bits per heavy atom. The van der Waals surface area contributed by atoms with Crippen molar-refractivity contribution in [2.45, 2.75) is 89.4 Å². The molecular formula is C49H56N8O7. The molecule has 0 unspecified atom stereocenters. The summed E-state index contributed by atoms with van der Waals surface area (Å²) in [5.41, 5.74) is 6.48. The number of hydrogen-bond acceptors (Lipinski definition) is 9. The molecule has 0 radical (unpaired) electrons. The number of likely N-dealkylation sites (tertiary alicyclic amines) is 2. The van der Waals surface area contributed by atoms with Crippen LogP contribution >= 0.6 is 0 Å². The van der Waals surface area contributed by atoms with Crippen molar-refractivity contribution >= 4 is 45.8 Å². The first-order valence-corrected chi connectivity index (χ1v) is 22.6. The lowest BCUT2D eigenvalue weighted by atomic mass is 9.90. The number of nitrogens with zero attached hydrogens (tertiary/aromatic N) is 4. The third kappa shape index (κ3) is 8.75. The van der Waals surface area contributed by atoms with E-state index >= 15 is 0 Å². The molecule has 0 spiro atoms. The number of aromatic nitrogens is 4. The van der Waals surface area contributed by atoms with Gasteiger partial charge in [-0.05, 0) is 97.9 Å². The number of alkyl carbamates (subject to hydrolysis) is 2. The van der Waals surface area contributed by atoms with Crippen LogP contribution in [0.1, 0.15) is 94.5 Å². The summed E-state index contributed by atoms with van der Waals surface area (Å²) in [6, 6.07) is 15.0. The van der Waals surface area contributed by atoms with Gasteiger partial charge in [0.05, 0.1) is 49.2 Å². The van der Waals surface area contributed by atoms with Crippen LogP contribution < -0.4 is 10.6 Å². The fraction of sp³-hybridized carbons (Fsp3) is 0.469. The summed E-state index contributed by atoms with van der Waals surface area (Å²) < 4.78 is 15.3. The molecule has 1 aliphatic carbocycles. The first-order valence-electron chi connectivity index (χ1n) is 22.6. The van der Waals surface area contributed by atoms with E-state index in [0.29, 0.717) is 50.9 Å². The summed E-state index contributed by atoms with van der Waals surface area (Å²) in [6.45, 7) is 6.08. The lowest BCUT2D eigenvalue weighted by Crippen LogP contribution is -2.53. The normalized spacial score (nSPS) is 20.0. The number of aromatic amines is 2. The molecule has 15 nitrogen and oxygen atoms in total. The maximum atomic E-state index is 14.1.